The molecule has 0 amide bonds. The lowest BCUT2D eigenvalue weighted by Gasteiger charge is -2.25. The van der Waals surface area contributed by atoms with Gasteiger partial charge in [-0.05, 0) is 59.7 Å². The first-order chi connectivity index (χ1) is 13.2. The Morgan fingerprint density at radius 3 is 2.63 bits per heavy atom. The van der Waals surface area contributed by atoms with E-state index in [0.29, 0.717) is 11.6 Å². The first kappa shape index (κ1) is 16.2. The van der Waals surface area contributed by atoms with E-state index in [2.05, 4.69) is 6.07 Å². The van der Waals surface area contributed by atoms with Gasteiger partial charge in [-0.3, -0.25) is 0 Å². The number of pyridine rings is 1. The maximum atomic E-state index is 6.32. The van der Waals surface area contributed by atoms with Crippen molar-refractivity contribution in [3.8, 4) is 33.9 Å². The third kappa shape index (κ3) is 2.63. The summed E-state index contributed by atoms with van der Waals surface area (Å²) < 4.78 is 11.5. The number of hydrogen-bond donors (Lipinski definition) is 0. The molecule has 1 aliphatic rings. The molecule has 5 rings (SSSR count). The smallest absolute Gasteiger partial charge is 0.139 e. The molecule has 1 aromatic heterocycles. The third-order valence-electron chi connectivity index (χ3n) is 4.92. The van der Waals surface area contributed by atoms with E-state index in [1.807, 2.05) is 60.7 Å². The van der Waals surface area contributed by atoms with Crippen molar-refractivity contribution < 1.29 is 9.47 Å². The van der Waals surface area contributed by atoms with Crippen molar-refractivity contribution in [2.45, 2.75) is 6.61 Å². The molecule has 0 fully saturated rings. The number of nitrogens with zero attached hydrogens (tertiary/aromatic N) is 1. The summed E-state index contributed by atoms with van der Waals surface area (Å²) in [6.07, 6.45) is 0. The van der Waals surface area contributed by atoms with E-state index in [9.17, 15) is 0 Å². The van der Waals surface area contributed by atoms with Crippen LogP contribution in [0.4, 0.5) is 0 Å². The van der Waals surface area contributed by atoms with Crippen LogP contribution in [0.3, 0.4) is 0 Å². The highest BCUT2D eigenvalue weighted by Crippen LogP contribution is 2.47. The highest BCUT2D eigenvalue weighted by atomic mass is 35.5. The van der Waals surface area contributed by atoms with Crippen molar-refractivity contribution in [3.05, 3.63) is 77.3 Å². The number of fused-ring (bicyclic) bond motifs is 5. The maximum Gasteiger partial charge on any atom is 0.139 e. The zero-order valence-electron chi connectivity index (χ0n) is 14.7. The van der Waals surface area contributed by atoms with E-state index in [0.717, 1.165) is 50.3 Å². The highest BCUT2D eigenvalue weighted by molar-refractivity contribution is 6.31. The van der Waals surface area contributed by atoms with Gasteiger partial charge >= 0.3 is 0 Å². The number of ether oxygens (including phenoxy) is 2. The predicted octanol–water partition coefficient (Wildman–Crippen LogP) is 6.12. The molecule has 2 heterocycles. The van der Waals surface area contributed by atoms with Crippen LogP contribution in [-0.2, 0) is 6.61 Å². The van der Waals surface area contributed by atoms with Gasteiger partial charge < -0.3 is 9.47 Å². The van der Waals surface area contributed by atoms with Crippen LogP contribution in [0, 0.1) is 0 Å². The summed E-state index contributed by atoms with van der Waals surface area (Å²) in [7, 11) is 1.66. The van der Waals surface area contributed by atoms with Crippen molar-refractivity contribution in [2.75, 3.05) is 7.11 Å². The second kappa shape index (κ2) is 6.29. The number of para-hydroxylation sites is 1. The molecule has 4 heteroatoms. The van der Waals surface area contributed by atoms with E-state index in [1.54, 1.807) is 7.11 Å². The van der Waals surface area contributed by atoms with Gasteiger partial charge in [-0.2, -0.15) is 0 Å². The van der Waals surface area contributed by atoms with Gasteiger partial charge in [-0.15, -0.1) is 0 Å². The molecule has 0 radical (unpaired) electrons. The minimum atomic E-state index is 0.523. The van der Waals surface area contributed by atoms with Gasteiger partial charge in [0.25, 0.3) is 0 Å². The van der Waals surface area contributed by atoms with Gasteiger partial charge in [0.05, 0.1) is 23.9 Å². The molecule has 3 nitrogen and oxygen atoms in total. The molecule has 4 aromatic rings. The normalized spacial score (nSPS) is 12.2. The van der Waals surface area contributed by atoms with Crippen LogP contribution >= 0.6 is 11.6 Å². The Bertz CT molecular complexity index is 1170. The van der Waals surface area contributed by atoms with Gasteiger partial charge in [0, 0.05) is 16.0 Å². The maximum absolute atomic E-state index is 6.32. The molecular weight excluding hydrogens is 358 g/mol. The second-order valence-corrected chi connectivity index (χ2v) is 6.94. The summed E-state index contributed by atoms with van der Waals surface area (Å²) in [5.41, 5.74) is 5.98. The summed E-state index contributed by atoms with van der Waals surface area (Å²) in [5, 5.41) is 1.71. The fourth-order valence-corrected chi connectivity index (χ4v) is 3.77. The Balaban J connectivity index is 1.86. The lowest BCUT2D eigenvalue weighted by Crippen LogP contribution is -2.08. The second-order valence-electron chi connectivity index (χ2n) is 6.50. The molecule has 1 aliphatic heterocycles. The molecule has 27 heavy (non-hydrogen) atoms. The van der Waals surface area contributed by atoms with E-state index >= 15 is 0 Å². The van der Waals surface area contributed by atoms with Crippen LogP contribution in [0.15, 0.2) is 66.7 Å². The molecular formula is C23H16ClNO2. The number of rotatable bonds is 2. The van der Waals surface area contributed by atoms with Crippen molar-refractivity contribution in [2.24, 2.45) is 0 Å². The fraction of sp³-hybridized carbons (Fsp3) is 0.0870. The van der Waals surface area contributed by atoms with Crippen LogP contribution in [0.25, 0.3) is 33.3 Å². The van der Waals surface area contributed by atoms with Gasteiger partial charge in [-0.25, -0.2) is 4.98 Å². The van der Waals surface area contributed by atoms with Crippen LogP contribution in [0.5, 0.6) is 11.5 Å². The molecule has 0 bridgehead atoms. The van der Waals surface area contributed by atoms with Crippen molar-refractivity contribution in [1.29, 1.82) is 0 Å². The van der Waals surface area contributed by atoms with Crippen molar-refractivity contribution in [3.63, 3.8) is 0 Å². The lowest BCUT2D eigenvalue weighted by atomic mass is 9.91. The average Bonchev–Trinajstić information content (AvgIpc) is 2.72. The summed E-state index contributed by atoms with van der Waals surface area (Å²) in [6.45, 7) is 0.523. The van der Waals surface area contributed by atoms with Crippen molar-refractivity contribution in [1.82, 2.24) is 4.98 Å². The Morgan fingerprint density at radius 2 is 1.81 bits per heavy atom. The quantitative estimate of drug-likeness (QED) is 0.424. The SMILES string of the molecule is COc1ccc(-c2nc3ccccc3c3c2-c2cc(Cl)ccc2CO3)cc1. The Hall–Kier alpha value is -3.04. The van der Waals surface area contributed by atoms with E-state index < -0.39 is 0 Å². The van der Waals surface area contributed by atoms with E-state index in [4.69, 9.17) is 26.1 Å². The van der Waals surface area contributed by atoms with Crippen LogP contribution in [0.1, 0.15) is 5.56 Å². The summed E-state index contributed by atoms with van der Waals surface area (Å²) in [5.74, 6) is 1.68. The minimum absolute atomic E-state index is 0.523. The lowest BCUT2D eigenvalue weighted by molar-refractivity contribution is 0.306. The molecule has 0 atom stereocenters. The van der Waals surface area contributed by atoms with Crippen LogP contribution in [-0.4, -0.2) is 12.1 Å². The molecule has 132 valence electrons. The van der Waals surface area contributed by atoms with Gasteiger partial charge in [0.1, 0.15) is 18.1 Å². The Morgan fingerprint density at radius 1 is 1.00 bits per heavy atom. The Kier molecular flexibility index (Phi) is 3.76. The van der Waals surface area contributed by atoms with Gasteiger partial charge in [0.2, 0.25) is 0 Å². The molecule has 0 saturated heterocycles. The average molecular weight is 374 g/mol. The fourth-order valence-electron chi connectivity index (χ4n) is 3.60. The first-order valence-corrected chi connectivity index (χ1v) is 9.11. The van der Waals surface area contributed by atoms with Crippen LogP contribution in [0.2, 0.25) is 5.02 Å². The number of benzene rings is 3. The molecule has 0 saturated carbocycles. The topological polar surface area (TPSA) is 31.4 Å². The summed E-state index contributed by atoms with van der Waals surface area (Å²) >= 11 is 6.32. The molecule has 0 aliphatic carbocycles. The molecule has 0 spiro atoms. The standard InChI is InChI=1S/C23H16ClNO2/c1-26-17-10-7-14(8-11-17)22-21-19-12-16(24)9-6-15(19)13-27-23(21)18-4-2-3-5-20(18)25-22/h2-12H,13H2,1H3. The van der Waals surface area contributed by atoms with Gasteiger partial charge in [0.15, 0.2) is 0 Å². The zero-order chi connectivity index (χ0) is 18.4. The van der Waals surface area contributed by atoms with Gasteiger partial charge in [-0.1, -0.05) is 29.8 Å². The Labute approximate surface area is 162 Å². The number of hydrogen-bond acceptors (Lipinski definition) is 3. The number of methoxy groups -OCH3 is 1. The number of aromatic nitrogens is 1. The van der Waals surface area contributed by atoms with Crippen molar-refractivity contribution >= 4 is 22.5 Å². The zero-order valence-corrected chi connectivity index (χ0v) is 15.5. The summed E-state index contributed by atoms with van der Waals surface area (Å²) in [6, 6.07) is 21.9. The monoisotopic (exact) mass is 373 g/mol. The largest absolute Gasteiger partial charge is 0.497 e. The van der Waals surface area contributed by atoms with Crippen LogP contribution < -0.4 is 9.47 Å². The van der Waals surface area contributed by atoms with E-state index in [1.165, 1.54) is 0 Å². The van der Waals surface area contributed by atoms with E-state index in [-0.39, 0.29) is 0 Å². The first-order valence-electron chi connectivity index (χ1n) is 8.73. The molecule has 0 unspecified atom stereocenters. The minimum Gasteiger partial charge on any atom is -0.497 e. The summed E-state index contributed by atoms with van der Waals surface area (Å²) in [4.78, 5) is 4.98. The molecule has 3 aromatic carbocycles. The third-order valence-corrected chi connectivity index (χ3v) is 5.16. The number of halogens is 1. The highest BCUT2D eigenvalue weighted by Gasteiger charge is 2.25. The molecule has 0 N–H and O–H groups in total. The predicted molar refractivity (Wildman–Crippen MR) is 109 cm³/mol.